The van der Waals surface area contributed by atoms with E-state index in [1.165, 1.54) is 18.2 Å². The number of anilines is 1. The molecule has 1 heterocycles. The van der Waals surface area contributed by atoms with Gasteiger partial charge >= 0.3 is 6.09 Å². The van der Waals surface area contributed by atoms with Crippen LogP contribution >= 0.6 is 11.6 Å². The third kappa shape index (κ3) is 5.09. The summed E-state index contributed by atoms with van der Waals surface area (Å²) in [6.07, 6.45) is 0.964. The molecule has 0 spiro atoms. The second-order valence-corrected chi connectivity index (χ2v) is 7.29. The van der Waals surface area contributed by atoms with Gasteiger partial charge in [-0.1, -0.05) is 11.6 Å². The van der Waals surface area contributed by atoms with Gasteiger partial charge in [0, 0.05) is 18.8 Å². The van der Waals surface area contributed by atoms with Crippen LogP contribution < -0.4 is 5.32 Å². The van der Waals surface area contributed by atoms with E-state index in [1.54, 1.807) is 25.7 Å². The topological polar surface area (TPSA) is 58.6 Å². The molecular formula is C17H22ClFN2O3. The maximum atomic E-state index is 13.4. The average molecular weight is 357 g/mol. The van der Waals surface area contributed by atoms with E-state index in [0.29, 0.717) is 25.1 Å². The molecule has 1 saturated heterocycles. The van der Waals surface area contributed by atoms with E-state index in [-0.39, 0.29) is 23.4 Å². The molecular weight excluding hydrogens is 335 g/mol. The fraction of sp³-hybridized carbons (Fsp3) is 0.529. The van der Waals surface area contributed by atoms with Crippen molar-refractivity contribution in [2.75, 3.05) is 18.4 Å². The molecule has 132 valence electrons. The molecule has 1 fully saturated rings. The molecule has 0 aliphatic carbocycles. The third-order valence-corrected chi connectivity index (χ3v) is 3.94. The van der Waals surface area contributed by atoms with Gasteiger partial charge in [0.15, 0.2) is 0 Å². The first kappa shape index (κ1) is 18.5. The molecule has 2 rings (SSSR count). The maximum Gasteiger partial charge on any atom is 0.410 e. The zero-order valence-corrected chi connectivity index (χ0v) is 14.8. The summed E-state index contributed by atoms with van der Waals surface area (Å²) in [4.78, 5) is 26.0. The molecule has 1 atom stereocenters. The van der Waals surface area contributed by atoms with E-state index in [0.717, 1.165) is 0 Å². The van der Waals surface area contributed by atoms with Crippen molar-refractivity contribution in [1.82, 2.24) is 4.90 Å². The number of nitrogens with zero attached hydrogens (tertiary/aromatic N) is 1. The Balaban J connectivity index is 1.97. The van der Waals surface area contributed by atoms with E-state index in [4.69, 9.17) is 16.3 Å². The zero-order valence-electron chi connectivity index (χ0n) is 14.1. The first-order chi connectivity index (χ1) is 11.2. The molecule has 1 N–H and O–H groups in total. The summed E-state index contributed by atoms with van der Waals surface area (Å²) in [5.41, 5.74) is -0.232. The fourth-order valence-corrected chi connectivity index (χ4v) is 2.62. The summed E-state index contributed by atoms with van der Waals surface area (Å²) < 4.78 is 18.8. The van der Waals surface area contributed by atoms with Crippen LogP contribution in [0.2, 0.25) is 5.02 Å². The first-order valence-corrected chi connectivity index (χ1v) is 8.27. The van der Waals surface area contributed by atoms with Crippen LogP contribution in [0.25, 0.3) is 0 Å². The number of halogens is 2. The van der Waals surface area contributed by atoms with Crippen molar-refractivity contribution in [1.29, 1.82) is 0 Å². The Morgan fingerprint density at radius 2 is 2.08 bits per heavy atom. The van der Waals surface area contributed by atoms with Crippen LogP contribution in [0.3, 0.4) is 0 Å². The van der Waals surface area contributed by atoms with Crippen molar-refractivity contribution in [3.63, 3.8) is 0 Å². The first-order valence-electron chi connectivity index (χ1n) is 7.89. The Hall–Kier alpha value is -1.82. The lowest BCUT2D eigenvalue weighted by Gasteiger charge is -2.33. The molecule has 2 amide bonds. The summed E-state index contributed by atoms with van der Waals surface area (Å²) in [6.45, 7) is 6.25. The van der Waals surface area contributed by atoms with Crippen molar-refractivity contribution in [2.24, 2.45) is 5.92 Å². The molecule has 0 unspecified atom stereocenters. The summed E-state index contributed by atoms with van der Waals surface area (Å²) in [5.74, 6) is -1.19. The molecule has 1 aromatic carbocycles. The summed E-state index contributed by atoms with van der Waals surface area (Å²) in [7, 11) is 0. The van der Waals surface area contributed by atoms with Crippen LogP contribution in [0.5, 0.6) is 0 Å². The summed E-state index contributed by atoms with van der Waals surface area (Å²) >= 11 is 5.63. The predicted octanol–water partition coefficient (Wildman–Crippen LogP) is 4.06. The van der Waals surface area contributed by atoms with Crippen molar-refractivity contribution < 1.29 is 18.7 Å². The Kier molecular flexibility index (Phi) is 5.70. The maximum absolute atomic E-state index is 13.4. The molecule has 0 bridgehead atoms. The monoisotopic (exact) mass is 356 g/mol. The minimum absolute atomic E-state index is 0.00164. The minimum atomic E-state index is -0.589. The van der Waals surface area contributed by atoms with Crippen molar-refractivity contribution in [3.8, 4) is 0 Å². The van der Waals surface area contributed by atoms with Gasteiger partial charge < -0.3 is 15.0 Å². The Labute approximate surface area is 146 Å². The number of hydrogen-bond donors (Lipinski definition) is 1. The number of nitrogens with one attached hydrogen (secondary N) is 1. The van der Waals surface area contributed by atoms with Gasteiger partial charge in [-0.2, -0.15) is 0 Å². The standard InChI is InChI=1S/C17H22ClFN2O3/c1-17(2,3)24-16(23)21-8-4-5-11(10-21)15(22)20-12-6-7-13(18)14(19)9-12/h6-7,9,11H,4-5,8,10H2,1-3H3,(H,20,22)/t11-/m0/s1. The average Bonchev–Trinajstić information content (AvgIpc) is 2.49. The van der Waals surface area contributed by atoms with Gasteiger partial charge in [0.2, 0.25) is 5.91 Å². The van der Waals surface area contributed by atoms with Crippen LogP contribution in [-0.4, -0.2) is 35.6 Å². The molecule has 0 aromatic heterocycles. The molecule has 0 radical (unpaired) electrons. The second-order valence-electron chi connectivity index (χ2n) is 6.88. The number of likely N-dealkylation sites (tertiary alicyclic amines) is 1. The van der Waals surface area contributed by atoms with Crippen LogP contribution in [0.4, 0.5) is 14.9 Å². The summed E-state index contributed by atoms with van der Waals surface area (Å²) in [6, 6.07) is 4.10. The van der Waals surface area contributed by atoms with E-state index in [1.807, 2.05) is 0 Å². The van der Waals surface area contributed by atoms with Gasteiger partial charge in [0.1, 0.15) is 11.4 Å². The van der Waals surface area contributed by atoms with Crippen molar-refractivity contribution >= 4 is 29.3 Å². The molecule has 7 heteroatoms. The highest BCUT2D eigenvalue weighted by atomic mass is 35.5. The fourth-order valence-electron chi connectivity index (χ4n) is 2.50. The van der Waals surface area contributed by atoms with Gasteiger partial charge in [0.05, 0.1) is 10.9 Å². The van der Waals surface area contributed by atoms with Gasteiger partial charge in [-0.3, -0.25) is 4.79 Å². The highest BCUT2D eigenvalue weighted by molar-refractivity contribution is 6.30. The number of piperidine rings is 1. The van der Waals surface area contributed by atoms with Crippen LogP contribution in [0, 0.1) is 11.7 Å². The Bertz CT molecular complexity index is 631. The SMILES string of the molecule is CC(C)(C)OC(=O)N1CCC[C@H](C(=O)Nc2ccc(Cl)c(F)c2)C1. The van der Waals surface area contributed by atoms with Crippen LogP contribution in [0.15, 0.2) is 18.2 Å². The third-order valence-electron chi connectivity index (χ3n) is 3.63. The zero-order chi connectivity index (χ0) is 17.9. The second kappa shape index (κ2) is 7.38. The smallest absolute Gasteiger partial charge is 0.410 e. The van der Waals surface area contributed by atoms with E-state index in [2.05, 4.69) is 5.32 Å². The highest BCUT2D eigenvalue weighted by Crippen LogP contribution is 2.23. The molecule has 1 aromatic rings. The number of hydrogen-bond acceptors (Lipinski definition) is 3. The summed E-state index contributed by atoms with van der Waals surface area (Å²) in [5, 5.41) is 2.67. The number of amides is 2. The van der Waals surface area contributed by atoms with Gasteiger partial charge in [-0.05, 0) is 51.8 Å². The van der Waals surface area contributed by atoms with Gasteiger partial charge in [-0.25, -0.2) is 9.18 Å². The lowest BCUT2D eigenvalue weighted by molar-refractivity contribution is -0.121. The number of rotatable bonds is 2. The highest BCUT2D eigenvalue weighted by Gasteiger charge is 2.31. The largest absolute Gasteiger partial charge is 0.444 e. The van der Waals surface area contributed by atoms with Gasteiger partial charge in [0.25, 0.3) is 0 Å². The number of carbonyl (C=O) groups excluding carboxylic acids is 2. The molecule has 5 nitrogen and oxygen atoms in total. The quantitative estimate of drug-likeness (QED) is 0.869. The van der Waals surface area contributed by atoms with E-state index < -0.39 is 17.5 Å². The van der Waals surface area contributed by atoms with Crippen molar-refractivity contribution in [3.05, 3.63) is 29.0 Å². The number of ether oxygens (including phenoxy) is 1. The Morgan fingerprint density at radius 3 is 2.71 bits per heavy atom. The Morgan fingerprint density at radius 1 is 1.38 bits per heavy atom. The molecule has 1 aliphatic heterocycles. The minimum Gasteiger partial charge on any atom is -0.444 e. The lowest BCUT2D eigenvalue weighted by atomic mass is 9.97. The van der Waals surface area contributed by atoms with Crippen LogP contribution in [0.1, 0.15) is 33.6 Å². The molecule has 24 heavy (non-hydrogen) atoms. The number of carbonyl (C=O) groups is 2. The predicted molar refractivity (Wildman–Crippen MR) is 90.6 cm³/mol. The molecule has 1 aliphatic rings. The number of benzene rings is 1. The lowest BCUT2D eigenvalue weighted by Crippen LogP contribution is -2.45. The van der Waals surface area contributed by atoms with Gasteiger partial charge in [-0.15, -0.1) is 0 Å². The van der Waals surface area contributed by atoms with E-state index in [9.17, 15) is 14.0 Å². The normalized spacial score (nSPS) is 18.2. The van der Waals surface area contributed by atoms with Crippen molar-refractivity contribution in [2.45, 2.75) is 39.2 Å². The molecule has 0 saturated carbocycles. The van der Waals surface area contributed by atoms with Crippen LogP contribution in [-0.2, 0) is 9.53 Å². The van der Waals surface area contributed by atoms with E-state index >= 15 is 0 Å².